The van der Waals surface area contributed by atoms with Crippen LogP contribution in [-0.2, 0) is 4.79 Å². The molecule has 0 aliphatic carbocycles. The van der Waals surface area contributed by atoms with Crippen LogP contribution in [0, 0.1) is 5.82 Å². The number of carboxylic acid groups (broad SMARTS) is 1. The highest BCUT2D eigenvalue weighted by atomic mass is 19.1. The third kappa shape index (κ3) is 4.95. The number of carbonyl (C=O) groups is 1. The molecule has 17 heavy (non-hydrogen) atoms. The standard InChI is InChI=1S/C13H18FNO2/c1-9(6-7-13(16)17)15-10(2)11-4-3-5-12(14)8-11/h3-5,8-10,15H,6-7H2,1-2H3,(H,16,17)/t9?,10-/m0/s1. The van der Waals surface area contributed by atoms with E-state index in [2.05, 4.69) is 5.32 Å². The Bertz CT molecular complexity index is 381. The summed E-state index contributed by atoms with van der Waals surface area (Å²) in [6.45, 7) is 3.87. The average Bonchev–Trinajstić information content (AvgIpc) is 2.26. The van der Waals surface area contributed by atoms with E-state index >= 15 is 0 Å². The quantitative estimate of drug-likeness (QED) is 0.802. The van der Waals surface area contributed by atoms with Gasteiger partial charge in [-0.3, -0.25) is 4.79 Å². The zero-order valence-corrected chi connectivity index (χ0v) is 10.1. The normalized spacial score (nSPS) is 14.3. The fourth-order valence-corrected chi connectivity index (χ4v) is 1.72. The van der Waals surface area contributed by atoms with Crippen LogP contribution < -0.4 is 5.32 Å². The molecule has 0 bridgehead atoms. The molecular formula is C13H18FNO2. The molecule has 1 rings (SSSR count). The van der Waals surface area contributed by atoms with Gasteiger partial charge in [0.15, 0.2) is 0 Å². The molecule has 0 spiro atoms. The Morgan fingerprint density at radius 1 is 1.47 bits per heavy atom. The fraction of sp³-hybridized carbons (Fsp3) is 0.462. The van der Waals surface area contributed by atoms with Gasteiger partial charge in [-0.25, -0.2) is 4.39 Å². The van der Waals surface area contributed by atoms with Gasteiger partial charge in [-0.2, -0.15) is 0 Å². The molecule has 2 N–H and O–H groups in total. The van der Waals surface area contributed by atoms with E-state index < -0.39 is 5.97 Å². The maximum atomic E-state index is 13.0. The predicted octanol–water partition coefficient (Wildman–Crippen LogP) is 2.73. The summed E-state index contributed by atoms with van der Waals surface area (Å²) in [6, 6.07) is 6.51. The number of rotatable bonds is 6. The molecule has 1 unspecified atom stereocenters. The molecule has 2 atom stereocenters. The van der Waals surface area contributed by atoms with Gasteiger partial charge in [-0.15, -0.1) is 0 Å². The maximum Gasteiger partial charge on any atom is 0.303 e. The molecule has 0 aliphatic rings. The smallest absolute Gasteiger partial charge is 0.303 e. The van der Waals surface area contributed by atoms with E-state index in [4.69, 9.17) is 5.11 Å². The Morgan fingerprint density at radius 2 is 2.18 bits per heavy atom. The van der Waals surface area contributed by atoms with Gasteiger partial charge in [0.25, 0.3) is 0 Å². The second-order valence-corrected chi connectivity index (χ2v) is 4.28. The van der Waals surface area contributed by atoms with Crippen molar-refractivity contribution in [3.8, 4) is 0 Å². The van der Waals surface area contributed by atoms with E-state index in [-0.39, 0.29) is 24.3 Å². The Labute approximate surface area is 101 Å². The topological polar surface area (TPSA) is 49.3 Å². The minimum atomic E-state index is -0.794. The first kappa shape index (κ1) is 13.6. The summed E-state index contributed by atoms with van der Waals surface area (Å²) in [6.07, 6.45) is 0.707. The van der Waals surface area contributed by atoms with Crippen LogP contribution in [0.3, 0.4) is 0 Å². The van der Waals surface area contributed by atoms with Crippen molar-refractivity contribution in [1.29, 1.82) is 0 Å². The number of nitrogens with one attached hydrogen (secondary N) is 1. The molecule has 1 aromatic rings. The van der Waals surface area contributed by atoms with Crippen LogP contribution in [0.1, 0.15) is 38.3 Å². The minimum absolute atomic E-state index is 0.00879. The Hall–Kier alpha value is -1.42. The van der Waals surface area contributed by atoms with E-state index in [1.165, 1.54) is 12.1 Å². The molecule has 1 aromatic carbocycles. The van der Waals surface area contributed by atoms with Crippen LogP contribution in [0.5, 0.6) is 0 Å². The van der Waals surface area contributed by atoms with Crippen molar-refractivity contribution >= 4 is 5.97 Å². The zero-order valence-electron chi connectivity index (χ0n) is 10.1. The van der Waals surface area contributed by atoms with Crippen LogP contribution in [0.2, 0.25) is 0 Å². The Morgan fingerprint density at radius 3 is 2.76 bits per heavy atom. The molecule has 4 heteroatoms. The van der Waals surface area contributed by atoms with Crippen molar-refractivity contribution in [1.82, 2.24) is 5.32 Å². The lowest BCUT2D eigenvalue weighted by Crippen LogP contribution is -2.29. The van der Waals surface area contributed by atoms with E-state index in [0.29, 0.717) is 6.42 Å². The lowest BCUT2D eigenvalue weighted by atomic mass is 10.1. The van der Waals surface area contributed by atoms with Crippen molar-refractivity contribution in [3.05, 3.63) is 35.6 Å². The summed E-state index contributed by atoms with van der Waals surface area (Å²) in [5.41, 5.74) is 0.868. The van der Waals surface area contributed by atoms with Crippen LogP contribution >= 0.6 is 0 Å². The number of carboxylic acids is 1. The lowest BCUT2D eigenvalue weighted by molar-refractivity contribution is -0.137. The molecule has 0 heterocycles. The van der Waals surface area contributed by atoms with Gasteiger partial charge in [0.05, 0.1) is 0 Å². The first-order valence-corrected chi connectivity index (χ1v) is 5.72. The molecule has 0 saturated heterocycles. The molecular weight excluding hydrogens is 221 g/mol. The highest BCUT2D eigenvalue weighted by molar-refractivity contribution is 5.66. The molecule has 94 valence electrons. The van der Waals surface area contributed by atoms with Crippen LogP contribution in [0.4, 0.5) is 4.39 Å². The van der Waals surface area contributed by atoms with Gasteiger partial charge in [0, 0.05) is 18.5 Å². The summed E-state index contributed by atoms with van der Waals surface area (Å²) in [5, 5.41) is 11.8. The van der Waals surface area contributed by atoms with E-state index in [1.54, 1.807) is 6.07 Å². The van der Waals surface area contributed by atoms with Crippen molar-refractivity contribution in [2.24, 2.45) is 0 Å². The second kappa shape index (κ2) is 6.35. The minimum Gasteiger partial charge on any atom is -0.481 e. The zero-order chi connectivity index (χ0) is 12.8. The monoisotopic (exact) mass is 239 g/mol. The third-order valence-corrected chi connectivity index (χ3v) is 2.67. The Balaban J connectivity index is 2.48. The van der Waals surface area contributed by atoms with E-state index in [9.17, 15) is 9.18 Å². The maximum absolute atomic E-state index is 13.0. The highest BCUT2D eigenvalue weighted by Crippen LogP contribution is 2.15. The van der Waals surface area contributed by atoms with Gasteiger partial charge in [0.2, 0.25) is 0 Å². The Kier molecular flexibility index (Phi) is 5.10. The van der Waals surface area contributed by atoms with Crippen molar-refractivity contribution in [3.63, 3.8) is 0 Å². The number of benzene rings is 1. The molecule has 0 saturated carbocycles. The largest absolute Gasteiger partial charge is 0.481 e. The van der Waals surface area contributed by atoms with Gasteiger partial charge in [0.1, 0.15) is 5.82 Å². The molecule has 0 aromatic heterocycles. The molecule has 0 amide bonds. The summed E-state index contributed by atoms with van der Waals surface area (Å²) in [5.74, 6) is -1.05. The molecule has 3 nitrogen and oxygen atoms in total. The number of hydrogen-bond donors (Lipinski definition) is 2. The van der Waals surface area contributed by atoms with E-state index in [0.717, 1.165) is 5.56 Å². The van der Waals surface area contributed by atoms with Gasteiger partial charge in [-0.1, -0.05) is 12.1 Å². The third-order valence-electron chi connectivity index (χ3n) is 2.67. The second-order valence-electron chi connectivity index (χ2n) is 4.28. The summed E-state index contributed by atoms with van der Waals surface area (Å²) < 4.78 is 13.0. The van der Waals surface area contributed by atoms with Gasteiger partial charge in [-0.05, 0) is 38.0 Å². The summed E-state index contributed by atoms with van der Waals surface area (Å²) >= 11 is 0. The summed E-state index contributed by atoms with van der Waals surface area (Å²) in [4.78, 5) is 10.4. The van der Waals surface area contributed by atoms with Gasteiger partial charge < -0.3 is 10.4 Å². The summed E-state index contributed by atoms with van der Waals surface area (Å²) in [7, 11) is 0. The predicted molar refractivity (Wildman–Crippen MR) is 64.3 cm³/mol. The highest BCUT2D eigenvalue weighted by Gasteiger charge is 2.11. The number of hydrogen-bond acceptors (Lipinski definition) is 2. The fourth-order valence-electron chi connectivity index (χ4n) is 1.72. The van der Waals surface area contributed by atoms with Crippen LogP contribution in [0.15, 0.2) is 24.3 Å². The molecule has 0 aliphatic heterocycles. The van der Waals surface area contributed by atoms with E-state index in [1.807, 2.05) is 19.9 Å². The van der Waals surface area contributed by atoms with Crippen molar-refractivity contribution < 1.29 is 14.3 Å². The van der Waals surface area contributed by atoms with Crippen LogP contribution in [0.25, 0.3) is 0 Å². The number of halogens is 1. The molecule has 0 fully saturated rings. The number of aliphatic carboxylic acids is 1. The molecule has 0 radical (unpaired) electrons. The van der Waals surface area contributed by atoms with Gasteiger partial charge >= 0.3 is 5.97 Å². The first-order valence-electron chi connectivity index (χ1n) is 5.72. The first-order chi connectivity index (χ1) is 7.99. The SMILES string of the molecule is CC(CCC(=O)O)N[C@@H](C)c1cccc(F)c1. The lowest BCUT2D eigenvalue weighted by Gasteiger charge is -2.19. The van der Waals surface area contributed by atoms with Crippen molar-refractivity contribution in [2.45, 2.75) is 38.8 Å². The van der Waals surface area contributed by atoms with Crippen molar-refractivity contribution in [2.75, 3.05) is 0 Å². The average molecular weight is 239 g/mol. The van der Waals surface area contributed by atoms with Crippen LogP contribution in [-0.4, -0.2) is 17.1 Å².